The van der Waals surface area contributed by atoms with E-state index in [1.165, 1.54) is 11.5 Å². The van der Waals surface area contributed by atoms with Gasteiger partial charge in [-0.05, 0) is 12.8 Å². The molecule has 2 unspecified atom stereocenters. The van der Waals surface area contributed by atoms with Crippen LogP contribution in [0.3, 0.4) is 0 Å². The van der Waals surface area contributed by atoms with Gasteiger partial charge in [0.2, 0.25) is 5.13 Å². The quantitative estimate of drug-likeness (QED) is 0.815. The predicted octanol–water partition coefficient (Wildman–Crippen LogP) is 0.481. The van der Waals surface area contributed by atoms with E-state index in [0.717, 1.165) is 24.5 Å². The first-order valence-electron chi connectivity index (χ1n) is 5.11. The van der Waals surface area contributed by atoms with Gasteiger partial charge in [-0.3, -0.25) is 0 Å². The fourth-order valence-electron chi connectivity index (χ4n) is 2.00. The van der Waals surface area contributed by atoms with Crippen molar-refractivity contribution in [3.05, 3.63) is 6.33 Å². The normalized spacial score (nSPS) is 26.9. The minimum absolute atomic E-state index is 0.330. The molecule has 0 bridgehead atoms. The van der Waals surface area contributed by atoms with Crippen LogP contribution in [0.25, 0.3) is 0 Å². The maximum absolute atomic E-state index is 5.78. The lowest BCUT2D eigenvalue weighted by atomic mass is 10.00. The molecular weight excluding hydrogens is 212 g/mol. The third-order valence-corrected chi connectivity index (χ3v) is 3.57. The van der Waals surface area contributed by atoms with E-state index in [1.54, 1.807) is 13.4 Å². The first kappa shape index (κ1) is 10.8. The average molecular weight is 228 g/mol. The topological polar surface area (TPSA) is 64.3 Å². The smallest absolute Gasteiger partial charge is 0.205 e. The van der Waals surface area contributed by atoms with E-state index in [0.29, 0.717) is 18.7 Å². The lowest BCUT2D eigenvalue weighted by Crippen LogP contribution is -2.48. The Balaban J connectivity index is 2.06. The maximum atomic E-state index is 5.78. The van der Waals surface area contributed by atoms with Crippen LogP contribution in [0.4, 0.5) is 5.13 Å². The molecule has 84 valence electrons. The number of piperidine rings is 1. The van der Waals surface area contributed by atoms with Gasteiger partial charge in [0.1, 0.15) is 6.33 Å². The number of nitrogens with zero attached hydrogens (tertiary/aromatic N) is 3. The number of hydrogen-bond acceptors (Lipinski definition) is 6. The molecule has 0 amide bonds. The van der Waals surface area contributed by atoms with Crippen LogP contribution in [0, 0.1) is 0 Å². The molecule has 2 heterocycles. The molecule has 1 aromatic rings. The SMILES string of the molecule is COC1CCN(c2ncns2)C(CN)C1. The van der Waals surface area contributed by atoms with E-state index >= 15 is 0 Å². The lowest BCUT2D eigenvalue weighted by molar-refractivity contribution is 0.0709. The summed E-state index contributed by atoms with van der Waals surface area (Å²) < 4.78 is 9.40. The first-order chi connectivity index (χ1) is 7.35. The van der Waals surface area contributed by atoms with Crippen molar-refractivity contribution in [2.45, 2.75) is 25.0 Å². The van der Waals surface area contributed by atoms with Crippen LogP contribution >= 0.6 is 11.5 Å². The van der Waals surface area contributed by atoms with Gasteiger partial charge < -0.3 is 15.4 Å². The van der Waals surface area contributed by atoms with Gasteiger partial charge in [-0.25, -0.2) is 4.98 Å². The van der Waals surface area contributed by atoms with Gasteiger partial charge in [-0.2, -0.15) is 4.37 Å². The van der Waals surface area contributed by atoms with E-state index in [9.17, 15) is 0 Å². The second kappa shape index (κ2) is 4.87. The van der Waals surface area contributed by atoms with E-state index in [-0.39, 0.29) is 0 Å². The fraction of sp³-hybridized carbons (Fsp3) is 0.778. The summed E-state index contributed by atoms with van der Waals surface area (Å²) in [5, 5.41) is 0.972. The molecule has 1 fully saturated rings. The molecule has 0 aliphatic carbocycles. The number of methoxy groups -OCH3 is 1. The molecule has 1 aliphatic rings. The van der Waals surface area contributed by atoms with Crippen molar-refractivity contribution in [2.75, 3.05) is 25.1 Å². The summed E-state index contributed by atoms with van der Waals surface area (Å²) in [6.07, 6.45) is 3.94. The predicted molar refractivity (Wildman–Crippen MR) is 60.1 cm³/mol. The minimum atomic E-state index is 0.330. The molecule has 15 heavy (non-hydrogen) atoms. The Morgan fingerprint density at radius 1 is 1.73 bits per heavy atom. The zero-order valence-electron chi connectivity index (χ0n) is 8.80. The molecule has 2 rings (SSSR count). The van der Waals surface area contributed by atoms with Gasteiger partial charge in [0.15, 0.2) is 0 Å². The third kappa shape index (κ3) is 2.27. The van der Waals surface area contributed by atoms with Crippen molar-refractivity contribution in [3.63, 3.8) is 0 Å². The summed E-state index contributed by atoms with van der Waals surface area (Å²) in [4.78, 5) is 6.47. The highest BCUT2D eigenvalue weighted by molar-refractivity contribution is 7.09. The van der Waals surface area contributed by atoms with Crippen LogP contribution in [0.2, 0.25) is 0 Å². The fourth-order valence-corrected chi connectivity index (χ4v) is 2.63. The van der Waals surface area contributed by atoms with E-state index in [1.807, 2.05) is 0 Å². The molecule has 5 nitrogen and oxygen atoms in total. The van der Waals surface area contributed by atoms with Crippen LogP contribution in [0.5, 0.6) is 0 Å². The van der Waals surface area contributed by atoms with Crippen molar-refractivity contribution in [1.29, 1.82) is 0 Å². The molecule has 0 radical (unpaired) electrons. The summed E-state index contributed by atoms with van der Waals surface area (Å²) in [5.74, 6) is 0. The lowest BCUT2D eigenvalue weighted by Gasteiger charge is -2.38. The summed E-state index contributed by atoms with van der Waals surface area (Å²) in [6.45, 7) is 1.59. The van der Waals surface area contributed by atoms with E-state index in [4.69, 9.17) is 10.5 Å². The zero-order chi connectivity index (χ0) is 10.7. The highest BCUT2D eigenvalue weighted by Gasteiger charge is 2.28. The summed E-state index contributed by atoms with van der Waals surface area (Å²) in [6, 6.07) is 0.330. The standard InChI is InChI=1S/C9H16N4OS/c1-14-8-2-3-13(7(4-8)5-10)9-11-6-12-15-9/h6-8H,2-5,10H2,1H3. The van der Waals surface area contributed by atoms with Gasteiger partial charge in [0, 0.05) is 37.8 Å². The third-order valence-electron chi connectivity index (χ3n) is 2.87. The Morgan fingerprint density at radius 2 is 2.60 bits per heavy atom. The number of rotatable bonds is 3. The van der Waals surface area contributed by atoms with Crippen molar-refractivity contribution >= 4 is 16.7 Å². The molecule has 0 spiro atoms. The molecule has 1 aromatic heterocycles. The van der Waals surface area contributed by atoms with Crippen molar-refractivity contribution in [3.8, 4) is 0 Å². The van der Waals surface area contributed by atoms with Crippen LogP contribution in [-0.2, 0) is 4.74 Å². The Morgan fingerprint density at radius 3 is 3.20 bits per heavy atom. The molecule has 2 N–H and O–H groups in total. The van der Waals surface area contributed by atoms with Crippen LogP contribution in [-0.4, -0.2) is 41.7 Å². The van der Waals surface area contributed by atoms with Crippen molar-refractivity contribution < 1.29 is 4.74 Å². The molecular formula is C9H16N4OS. The minimum Gasteiger partial charge on any atom is -0.381 e. The summed E-state index contributed by atoms with van der Waals surface area (Å²) >= 11 is 1.43. The van der Waals surface area contributed by atoms with E-state index in [2.05, 4.69) is 14.3 Å². The van der Waals surface area contributed by atoms with Gasteiger partial charge in [0.25, 0.3) is 0 Å². The Kier molecular flexibility index (Phi) is 3.50. The van der Waals surface area contributed by atoms with Gasteiger partial charge in [-0.15, -0.1) is 0 Å². The number of nitrogens with two attached hydrogens (primary N) is 1. The van der Waals surface area contributed by atoms with Gasteiger partial charge in [-0.1, -0.05) is 0 Å². The Labute approximate surface area is 93.4 Å². The average Bonchev–Trinajstić information content (AvgIpc) is 2.81. The Hall–Kier alpha value is -0.720. The van der Waals surface area contributed by atoms with Gasteiger partial charge >= 0.3 is 0 Å². The number of hydrogen-bond donors (Lipinski definition) is 1. The number of anilines is 1. The van der Waals surface area contributed by atoms with Crippen molar-refractivity contribution in [1.82, 2.24) is 9.36 Å². The first-order valence-corrected chi connectivity index (χ1v) is 5.88. The highest BCUT2D eigenvalue weighted by atomic mass is 32.1. The number of ether oxygens (including phenoxy) is 1. The molecule has 2 atom stereocenters. The second-order valence-corrected chi connectivity index (χ2v) is 4.45. The summed E-state index contributed by atoms with van der Waals surface area (Å²) in [7, 11) is 1.76. The largest absolute Gasteiger partial charge is 0.381 e. The van der Waals surface area contributed by atoms with Crippen LogP contribution in [0.1, 0.15) is 12.8 Å². The summed E-state index contributed by atoms with van der Waals surface area (Å²) in [5.41, 5.74) is 5.78. The molecule has 6 heteroatoms. The number of aromatic nitrogens is 2. The van der Waals surface area contributed by atoms with Gasteiger partial charge in [0.05, 0.1) is 6.10 Å². The molecule has 0 aromatic carbocycles. The Bertz CT molecular complexity index is 292. The molecule has 1 aliphatic heterocycles. The zero-order valence-corrected chi connectivity index (χ0v) is 9.61. The molecule has 1 saturated heterocycles. The monoisotopic (exact) mass is 228 g/mol. The van der Waals surface area contributed by atoms with E-state index < -0.39 is 0 Å². The van der Waals surface area contributed by atoms with Crippen molar-refractivity contribution in [2.24, 2.45) is 5.73 Å². The maximum Gasteiger partial charge on any atom is 0.205 e. The van der Waals surface area contributed by atoms with Crippen LogP contribution in [0.15, 0.2) is 6.33 Å². The second-order valence-electron chi connectivity index (χ2n) is 3.69. The van der Waals surface area contributed by atoms with Crippen LogP contribution < -0.4 is 10.6 Å². The molecule has 0 saturated carbocycles. The highest BCUT2D eigenvalue weighted by Crippen LogP contribution is 2.25.